The fraction of sp³-hybridized carbons (Fsp3) is 0.263. The molecule has 26 heavy (non-hydrogen) atoms. The van der Waals surface area contributed by atoms with Gasteiger partial charge in [0.15, 0.2) is 0 Å². The third kappa shape index (κ3) is 3.15. The molecule has 1 aliphatic heterocycles. The lowest BCUT2D eigenvalue weighted by atomic mass is 10.1. The molecule has 4 heterocycles. The van der Waals surface area contributed by atoms with Crippen molar-refractivity contribution in [1.82, 2.24) is 24.6 Å². The summed E-state index contributed by atoms with van der Waals surface area (Å²) in [5, 5.41) is 4.21. The van der Waals surface area contributed by atoms with Gasteiger partial charge in [0.2, 0.25) is 0 Å². The minimum absolute atomic E-state index is 0.0530. The van der Waals surface area contributed by atoms with E-state index in [0.29, 0.717) is 24.5 Å². The maximum absolute atomic E-state index is 12.9. The second-order valence-corrected chi connectivity index (χ2v) is 6.35. The van der Waals surface area contributed by atoms with Gasteiger partial charge in [-0.1, -0.05) is 6.07 Å². The Morgan fingerprint density at radius 3 is 2.85 bits per heavy atom. The van der Waals surface area contributed by atoms with Crippen LogP contribution in [0, 0.1) is 0 Å². The van der Waals surface area contributed by atoms with Crippen molar-refractivity contribution in [3.8, 4) is 11.4 Å². The third-order valence-corrected chi connectivity index (χ3v) is 4.68. The molecule has 7 heteroatoms. The normalized spacial score (nSPS) is 16.8. The Bertz CT molecular complexity index is 950. The highest BCUT2D eigenvalue weighted by Gasteiger charge is 2.31. The number of amides is 1. The van der Waals surface area contributed by atoms with E-state index < -0.39 is 0 Å². The number of carbonyl (C=O) groups is 1. The Labute approximate surface area is 150 Å². The van der Waals surface area contributed by atoms with Crippen LogP contribution in [0.15, 0.2) is 59.8 Å². The average molecular weight is 349 g/mol. The first-order valence-corrected chi connectivity index (χ1v) is 8.65. The van der Waals surface area contributed by atoms with Gasteiger partial charge in [0.05, 0.1) is 24.0 Å². The minimum atomic E-state index is -0.386. The van der Waals surface area contributed by atoms with Crippen LogP contribution in [0.3, 0.4) is 0 Å². The molecule has 0 spiro atoms. The third-order valence-electron chi connectivity index (χ3n) is 4.68. The number of nitrogens with one attached hydrogen (secondary N) is 1. The zero-order valence-electron chi connectivity index (χ0n) is 14.2. The molecule has 0 bridgehead atoms. The van der Waals surface area contributed by atoms with Gasteiger partial charge >= 0.3 is 0 Å². The molecule has 1 saturated heterocycles. The molecule has 3 aromatic rings. The first kappa shape index (κ1) is 16.3. The van der Waals surface area contributed by atoms with Crippen molar-refractivity contribution in [2.75, 3.05) is 6.54 Å². The molecule has 0 radical (unpaired) electrons. The van der Waals surface area contributed by atoms with Crippen LogP contribution in [0.5, 0.6) is 0 Å². The Balaban J connectivity index is 1.57. The highest BCUT2D eigenvalue weighted by molar-refractivity contribution is 5.94. The van der Waals surface area contributed by atoms with Gasteiger partial charge in [-0.3, -0.25) is 19.3 Å². The molecule has 1 amide bonds. The number of likely N-dealkylation sites (tertiary alicyclic amines) is 1. The van der Waals surface area contributed by atoms with Crippen LogP contribution in [-0.2, 0) is 6.54 Å². The number of H-pyrrole nitrogens is 1. The number of hydrogen-bond donors (Lipinski definition) is 1. The summed E-state index contributed by atoms with van der Waals surface area (Å²) in [4.78, 5) is 34.2. The van der Waals surface area contributed by atoms with Crippen molar-refractivity contribution >= 4 is 5.91 Å². The molecule has 4 rings (SSSR count). The van der Waals surface area contributed by atoms with Crippen LogP contribution in [-0.4, -0.2) is 43.1 Å². The molecule has 1 atom stereocenters. The fourth-order valence-corrected chi connectivity index (χ4v) is 3.39. The maximum Gasteiger partial charge on any atom is 0.261 e. The van der Waals surface area contributed by atoms with Crippen molar-refractivity contribution in [2.45, 2.75) is 25.4 Å². The summed E-state index contributed by atoms with van der Waals surface area (Å²) in [7, 11) is 0. The molecular formula is C19H19N5O2. The van der Waals surface area contributed by atoms with Crippen molar-refractivity contribution in [2.24, 2.45) is 0 Å². The molecule has 132 valence electrons. The topological polar surface area (TPSA) is 83.9 Å². The number of rotatable bonds is 4. The van der Waals surface area contributed by atoms with Gasteiger partial charge in [-0.25, -0.2) is 0 Å². The highest BCUT2D eigenvalue weighted by Crippen LogP contribution is 2.21. The van der Waals surface area contributed by atoms with E-state index in [2.05, 4.69) is 15.1 Å². The van der Waals surface area contributed by atoms with E-state index in [1.165, 1.54) is 0 Å². The van der Waals surface area contributed by atoms with Crippen LogP contribution in [0.1, 0.15) is 23.2 Å². The van der Waals surface area contributed by atoms with Crippen molar-refractivity contribution < 1.29 is 4.79 Å². The van der Waals surface area contributed by atoms with Gasteiger partial charge in [-0.2, -0.15) is 5.10 Å². The van der Waals surface area contributed by atoms with Gasteiger partial charge < -0.3 is 9.88 Å². The van der Waals surface area contributed by atoms with Gasteiger partial charge in [-0.15, -0.1) is 0 Å². The van der Waals surface area contributed by atoms with Crippen molar-refractivity contribution in [1.29, 1.82) is 0 Å². The van der Waals surface area contributed by atoms with Gasteiger partial charge in [0, 0.05) is 25.1 Å². The van der Waals surface area contributed by atoms with Gasteiger partial charge in [-0.05, 0) is 43.2 Å². The predicted molar refractivity (Wildman–Crippen MR) is 96.6 cm³/mol. The molecule has 1 N–H and O–H groups in total. The number of aromatic amines is 1. The smallest absolute Gasteiger partial charge is 0.261 e. The highest BCUT2D eigenvalue weighted by atomic mass is 16.2. The summed E-state index contributed by atoms with van der Waals surface area (Å²) >= 11 is 0. The number of hydrogen-bond acceptors (Lipinski definition) is 4. The average Bonchev–Trinajstić information content (AvgIpc) is 3.34. The largest absolute Gasteiger partial charge is 0.334 e. The first-order chi connectivity index (χ1) is 12.7. The summed E-state index contributed by atoms with van der Waals surface area (Å²) in [5.41, 5.74) is 1.04. The number of nitrogens with zero attached hydrogens (tertiary/aromatic N) is 4. The number of pyridine rings is 2. The number of carbonyl (C=O) groups excluding carboxylic acids is 1. The molecule has 0 unspecified atom stereocenters. The fourth-order valence-electron chi connectivity index (χ4n) is 3.39. The van der Waals surface area contributed by atoms with Crippen LogP contribution in [0.25, 0.3) is 11.4 Å². The SMILES string of the molecule is O=C(c1ccc(-c2ccccn2)[nH]c1=O)N1CCC[C@H]1Cn1cccn1. The molecule has 1 fully saturated rings. The molecule has 0 aliphatic carbocycles. The van der Waals surface area contributed by atoms with Gasteiger partial charge in [0.1, 0.15) is 5.56 Å². The van der Waals surface area contributed by atoms with E-state index in [-0.39, 0.29) is 23.1 Å². The second-order valence-electron chi connectivity index (χ2n) is 6.35. The van der Waals surface area contributed by atoms with E-state index in [4.69, 9.17) is 0 Å². The zero-order chi connectivity index (χ0) is 17.9. The standard InChI is InChI=1S/C19H19N5O2/c25-18-15(7-8-17(22-18)16-6-1-2-9-20-16)19(26)24-12-3-5-14(24)13-23-11-4-10-21-23/h1-2,4,6-11,14H,3,5,12-13H2,(H,22,25)/t14-/m0/s1. The maximum atomic E-state index is 12.9. The summed E-state index contributed by atoms with van der Waals surface area (Å²) in [6.45, 7) is 1.30. The quantitative estimate of drug-likeness (QED) is 0.780. The van der Waals surface area contributed by atoms with Crippen LogP contribution in [0.2, 0.25) is 0 Å². The van der Waals surface area contributed by atoms with E-state index in [1.807, 2.05) is 35.1 Å². The van der Waals surface area contributed by atoms with Crippen molar-refractivity contribution in [3.63, 3.8) is 0 Å². The Morgan fingerprint density at radius 2 is 2.12 bits per heavy atom. The Hall–Kier alpha value is -3.22. The minimum Gasteiger partial charge on any atom is -0.334 e. The molecular weight excluding hydrogens is 330 g/mol. The lowest BCUT2D eigenvalue weighted by Crippen LogP contribution is -2.40. The first-order valence-electron chi connectivity index (χ1n) is 8.65. The summed E-state index contributed by atoms with van der Waals surface area (Å²) in [6.07, 6.45) is 7.12. The summed E-state index contributed by atoms with van der Waals surface area (Å²) in [6, 6.07) is 10.7. The Kier molecular flexibility index (Phi) is 4.35. The molecule has 0 saturated carbocycles. The Morgan fingerprint density at radius 1 is 1.19 bits per heavy atom. The van der Waals surface area contributed by atoms with Crippen LogP contribution >= 0.6 is 0 Å². The lowest BCUT2D eigenvalue weighted by Gasteiger charge is -2.24. The molecule has 7 nitrogen and oxygen atoms in total. The summed E-state index contributed by atoms with van der Waals surface area (Å²) in [5.74, 6) is -0.228. The van der Waals surface area contributed by atoms with E-state index in [0.717, 1.165) is 12.8 Å². The van der Waals surface area contributed by atoms with Crippen LogP contribution < -0.4 is 5.56 Å². The van der Waals surface area contributed by atoms with E-state index in [9.17, 15) is 9.59 Å². The van der Waals surface area contributed by atoms with Gasteiger partial charge in [0.25, 0.3) is 11.5 Å². The van der Waals surface area contributed by atoms with Crippen LogP contribution in [0.4, 0.5) is 0 Å². The zero-order valence-corrected chi connectivity index (χ0v) is 14.2. The summed E-state index contributed by atoms with van der Waals surface area (Å²) < 4.78 is 1.82. The monoisotopic (exact) mass is 349 g/mol. The second kappa shape index (κ2) is 6.95. The predicted octanol–water partition coefficient (Wildman–Crippen LogP) is 1.94. The number of aromatic nitrogens is 4. The van der Waals surface area contributed by atoms with E-state index in [1.54, 1.807) is 29.4 Å². The van der Waals surface area contributed by atoms with Crippen molar-refractivity contribution in [3.05, 3.63) is 70.9 Å². The van der Waals surface area contributed by atoms with E-state index >= 15 is 0 Å². The molecule has 0 aromatic carbocycles. The molecule has 3 aromatic heterocycles. The lowest BCUT2D eigenvalue weighted by molar-refractivity contribution is 0.0720. The molecule has 1 aliphatic rings.